The molecule has 0 saturated heterocycles. The van der Waals surface area contributed by atoms with E-state index >= 15 is 0 Å². The van der Waals surface area contributed by atoms with Gasteiger partial charge in [0, 0.05) is 31.8 Å². The highest BCUT2D eigenvalue weighted by Crippen LogP contribution is 2.30. The van der Waals surface area contributed by atoms with E-state index in [0.717, 1.165) is 30.4 Å². The zero-order chi connectivity index (χ0) is 42.7. The summed E-state index contributed by atoms with van der Waals surface area (Å²) in [4.78, 5) is 105. The number of aromatic nitrogens is 2. The zero-order valence-corrected chi connectivity index (χ0v) is 34.1. The van der Waals surface area contributed by atoms with Crippen LogP contribution in [0.1, 0.15) is 99.8 Å². The SMILES string of the molecule is CCC[C@H](NC(=O)[C@@H]1Cc2ccccc2CN1C(=O)[C@@H](NC(=O)[C@@H](NC(=O)c1cnccn1)C1CCCCC1)C(C)(C)C)C(=O)C(=O)N[C@@H](Cc1ccccc1)C(=O)O. The Bertz CT molecular complexity index is 1980. The van der Waals surface area contributed by atoms with Crippen molar-refractivity contribution in [3.8, 4) is 0 Å². The largest absolute Gasteiger partial charge is 0.480 e. The zero-order valence-electron chi connectivity index (χ0n) is 34.1. The summed E-state index contributed by atoms with van der Waals surface area (Å²) in [7, 11) is 0. The number of carboxylic acid groups (broad SMARTS) is 1. The molecule has 1 aromatic heterocycles. The van der Waals surface area contributed by atoms with Gasteiger partial charge in [0.15, 0.2) is 0 Å². The van der Waals surface area contributed by atoms with Crippen molar-refractivity contribution in [2.75, 3.05) is 0 Å². The molecule has 2 aliphatic rings. The van der Waals surface area contributed by atoms with Crippen LogP contribution in [0.15, 0.2) is 73.2 Å². The van der Waals surface area contributed by atoms with Gasteiger partial charge in [-0.05, 0) is 47.3 Å². The molecule has 2 aromatic carbocycles. The first-order valence-corrected chi connectivity index (χ1v) is 20.3. The van der Waals surface area contributed by atoms with E-state index in [9.17, 15) is 38.7 Å². The van der Waals surface area contributed by atoms with E-state index in [1.807, 2.05) is 24.3 Å². The number of carboxylic acids is 1. The van der Waals surface area contributed by atoms with E-state index in [2.05, 4.69) is 31.2 Å². The van der Waals surface area contributed by atoms with Gasteiger partial charge in [0.2, 0.25) is 23.5 Å². The maximum absolute atomic E-state index is 14.9. The Morgan fingerprint density at radius 2 is 1.51 bits per heavy atom. The third-order valence-corrected chi connectivity index (χ3v) is 11.0. The summed E-state index contributed by atoms with van der Waals surface area (Å²) in [5.41, 5.74) is 1.46. The van der Waals surface area contributed by atoms with Crippen molar-refractivity contribution in [2.24, 2.45) is 11.3 Å². The molecule has 0 bridgehead atoms. The Labute approximate surface area is 344 Å². The first-order chi connectivity index (χ1) is 28.2. The summed E-state index contributed by atoms with van der Waals surface area (Å²) in [6, 6.07) is 10.1. The maximum atomic E-state index is 14.9. The number of fused-ring (bicyclic) bond motifs is 1. The number of Topliss-reactive ketones (excluding diaryl/α,β-unsaturated/α-hetero) is 1. The summed E-state index contributed by atoms with van der Waals surface area (Å²) < 4.78 is 0. The van der Waals surface area contributed by atoms with Gasteiger partial charge in [-0.15, -0.1) is 0 Å². The molecule has 0 unspecified atom stereocenters. The number of hydrogen-bond acceptors (Lipinski definition) is 9. The number of carbonyl (C=O) groups is 7. The van der Waals surface area contributed by atoms with Gasteiger partial charge in [0.25, 0.3) is 11.8 Å². The molecule has 5 atom stereocenters. The average molecular weight is 810 g/mol. The van der Waals surface area contributed by atoms with Crippen LogP contribution >= 0.6 is 0 Å². The van der Waals surface area contributed by atoms with Crippen molar-refractivity contribution in [3.05, 3.63) is 95.6 Å². The van der Waals surface area contributed by atoms with Crippen LogP contribution in [0.2, 0.25) is 0 Å². The highest BCUT2D eigenvalue weighted by atomic mass is 16.4. The topological polar surface area (TPSA) is 217 Å². The molecule has 1 fully saturated rings. The van der Waals surface area contributed by atoms with Crippen LogP contribution in [0.3, 0.4) is 0 Å². The number of ketones is 1. The van der Waals surface area contributed by atoms with Gasteiger partial charge in [-0.25, -0.2) is 9.78 Å². The molecular weight excluding hydrogens is 755 g/mol. The minimum atomic E-state index is -1.39. The maximum Gasteiger partial charge on any atom is 0.326 e. The second-order valence-electron chi connectivity index (χ2n) is 16.5. The summed E-state index contributed by atoms with van der Waals surface area (Å²) in [5.74, 6) is -5.98. The minimum Gasteiger partial charge on any atom is -0.480 e. The Hall–Kier alpha value is -5.99. The highest BCUT2D eigenvalue weighted by molar-refractivity contribution is 6.38. The van der Waals surface area contributed by atoms with Crippen LogP contribution in [0, 0.1) is 11.3 Å². The lowest BCUT2D eigenvalue weighted by atomic mass is 9.81. The Kier molecular flexibility index (Phi) is 15.0. The molecule has 59 heavy (non-hydrogen) atoms. The molecule has 1 saturated carbocycles. The third-order valence-electron chi connectivity index (χ3n) is 11.0. The van der Waals surface area contributed by atoms with Crippen LogP contribution in [0.5, 0.6) is 0 Å². The van der Waals surface area contributed by atoms with Crippen LogP contribution in [0.25, 0.3) is 0 Å². The van der Waals surface area contributed by atoms with Crippen molar-refractivity contribution in [3.63, 3.8) is 0 Å². The van der Waals surface area contributed by atoms with Gasteiger partial charge < -0.3 is 31.3 Å². The summed E-state index contributed by atoms with van der Waals surface area (Å²) >= 11 is 0. The highest BCUT2D eigenvalue weighted by Gasteiger charge is 2.44. The average Bonchev–Trinajstić information content (AvgIpc) is 3.23. The number of hydrogen-bond donors (Lipinski definition) is 5. The molecular formula is C44H55N7O8. The molecule has 5 rings (SSSR count). The van der Waals surface area contributed by atoms with Crippen molar-refractivity contribution in [1.82, 2.24) is 36.1 Å². The smallest absolute Gasteiger partial charge is 0.326 e. The molecule has 5 N–H and O–H groups in total. The van der Waals surface area contributed by atoms with Crippen LogP contribution in [-0.4, -0.2) is 91.5 Å². The first-order valence-electron chi connectivity index (χ1n) is 20.3. The van der Waals surface area contributed by atoms with Gasteiger partial charge in [-0.2, -0.15) is 0 Å². The van der Waals surface area contributed by atoms with Crippen molar-refractivity contribution < 1.29 is 38.7 Å². The fourth-order valence-corrected chi connectivity index (χ4v) is 7.79. The normalized spacial score (nSPS) is 17.6. The Morgan fingerprint density at radius 3 is 2.14 bits per heavy atom. The number of nitrogens with zero attached hydrogens (tertiary/aromatic N) is 3. The number of rotatable bonds is 16. The van der Waals surface area contributed by atoms with E-state index in [1.165, 1.54) is 23.5 Å². The van der Waals surface area contributed by atoms with Crippen LogP contribution in [-0.2, 0) is 48.2 Å². The van der Waals surface area contributed by atoms with Crippen molar-refractivity contribution in [2.45, 2.75) is 122 Å². The van der Waals surface area contributed by atoms with E-state index < -0.39 is 76.9 Å². The van der Waals surface area contributed by atoms with Gasteiger partial charge in [-0.1, -0.05) is 108 Å². The van der Waals surface area contributed by atoms with Crippen LogP contribution in [0.4, 0.5) is 0 Å². The molecule has 2 heterocycles. The van der Waals surface area contributed by atoms with Crippen LogP contribution < -0.4 is 21.3 Å². The van der Waals surface area contributed by atoms with E-state index in [1.54, 1.807) is 58.0 Å². The summed E-state index contributed by atoms with van der Waals surface area (Å²) in [6.07, 6.45) is 8.86. The lowest BCUT2D eigenvalue weighted by molar-refractivity contribution is -0.148. The molecule has 15 heteroatoms. The lowest BCUT2D eigenvalue weighted by Crippen LogP contribution is -2.63. The number of amides is 5. The number of nitrogens with one attached hydrogen (secondary N) is 4. The van der Waals surface area contributed by atoms with Gasteiger partial charge in [0.05, 0.1) is 12.2 Å². The number of carbonyl (C=O) groups excluding carboxylic acids is 6. The summed E-state index contributed by atoms with van der Waals surface area (Å²) in [6.45, 7) is 7.20. The molecule has 0 spiro atoms. The summed E-state index contributed by atoms with van der Waals surface area (Å²) in [5, 5.41) is 20.7. The molecule has 1 aliphatic carbocycles. The molecule has 15 nitrogen and oxygen atoms in total. The van der Waals surface area contributed by atoms with E-state index in [4.69, 9.17) is 0 Å². The molecule has 0 radical (unpaired) electrons. The van der Waals surface area contributed by atoms with Crippen molar-refractivity contribution >= 4 is 41.3 Å². The molecule has 314 valence electrons. The van der Waals surface area contributed by atoms with E-state index in [-0.39, 0.29) is 37.4 Å². The first kappa shape index (κ1) is 44.1. The second kappa shape index (κ2) is 20.1. The van der Waals surface area contributed by atoms with Crippen molar-refractivity contribution in [1.29, 1.82) is 0 Å². The third kappa shape index (κ3) is 11.6. The predicted molar refractivity (Wildman–Crippen MR) is 217 cm³/mol. The van der Waals surface area contributed by atoms with E-state index in [0.29, 0.717) is 24.8 Å². The quantitative estimate of drug-likeness (QED) is 0.133. The monoisotopic (exact) mass is 809 g/mol. The Balaban J connectivity index is 1.38. The van der Waals surface area contributed by atoms with Gasteiger partial charge in [0.1, 0.15) is 29.9 Å². The van der Waals surface area contributed by atoms with Gasteiger partial charge >= 0.3 is 5.97 Å². The van der Waals surface area contributed by atoms with Gasteiger partial charge in [-0.3, -0.25) is 33.8 Å². The molecule has 1 aliphatic heterocycles. The molecule has 3 aromatic rings. The fourth-order valence-electron chi connectivity index (χ4n) is 7.79. The predicted octanol–water partition coefficient (Wildman–Crippen LogP) is 3.31. The minimum absolute atomic E-state index is 0.0255. The molecule has 5 amide bonds. The second-order valence-corrected chi connectivity index (χ2v) is 16.5. The number of benzene rings is 2. The Morgan fingerprint density at radius 1 is 0.831 bits per heavy atom. The standard InChI is InChI=1S/C44H55N7O8/c1-5-14-31(36(52)41(56)48-32(43(58)59)23-27-15-8-6-9-16-27)47-39(54)34-24-29-19-12-13-20-30(29)26-51(34)42(57)37(44(2,3)4)50-40(55)35(28-17-10-7-11-18-28)49-38(53)33-25-45-21-22-46-33/h6,8-9,12-13,15-16,19-22,25,28,31-32,34-35,37H,5,7,10-11,14,17-18,23-24,26H2,1-4H3,(H,47,54)(H,48,56)(H,49,53)(H,50,55)(H,58,59)/t31-,32-,34-,35-,37+/m0/s1. The lowest BCUT2D eigenvalue weighted by Gasteiger charge is -2.42. The fraction of sp³-hybridized carbons (Fsp3) is 0.477. The number of aliphatic carboxylic acids is 1.